The third kappa shape index (κ3) is 2.13. The second-order valence-electron chi connectivity index (χ2n) is 7.78. The molecule has 0 radical (unpaired) electrons. The van der Waals surface area contributed by atoms with Crippen LogP contribution in [-0.4, -0.2) is 28.5 Å². The Bertz CT molecular complexity index is 1080. The fraction of sp³-hybridized carbons (Fsp3) is 0.474. The number of anilines is 1. The highest BCUT2D eigenvalue weighted by Crippen LogP contribution is 2.43. The van der Waals surface area contributed by atoms with Crippen molar-refractivity contribution in [2.45, 2.75) is 38.1 Å². The van der Waals surface area contributed by atoms with Crippen LogP contribution in [0.1, 0.15) is 36.3 Å². The first-order valence-electron chi connectivity index (χ1n) is 9.12. The summed E-state index contributed by atoms with van der Waals surface area (Å²) in [6.45, 7) is 3.13. The fourth-order valence-corrected chi connectivity index (χ4v) is 4.68. The van der Waals surface area contributed by atoms with Gasteiger partial charge in [-0.3, -0.25) is 14.2 Å². The van der Waals surface area contributed by atoms with Crippen LogP contribution in [0.5, 0.6) is 0 Å². The monoisotopic (exact) mass is 356 g/mol. The minimum Gasteiger partial charge on any atom is -0.364 e. The van der Waals surface area contributed by atoms with E-state index in [4.69, 9.17) is 5.73 Å². The van der Waals surface area contributed by atoms with Crippen molar-refractivity contribution in [1.29, 1.82) is 0 Å². The van der Waals surface area contributed by atoms with Crippen LogP contribution in [0.15, 0.2) is 27.4 Å². The van der Waals surface area contributed by atoms with Gasteiger partial charge in [0.15, 0.2) is 5.82 Å². The number of halogens is 1. The van der Waals surface area contributed by atoms with E-state index in [0.717, 1.165) is 19.3 Å². The number of nitrogens with two attached hydrogens (primary N) is 1. The molecule has 2 aromatic heterocycles. The predicted octanol–water partition coefficient (Wildman–Crippen LogP) is 1.41. The van der Waals surface area contributed by atoms with Crippen molar-refractivity contribution in [3.63, 3.8) is 0 Å². The van der Waals surface area contributed by atoms with Crippen molar-refractivity contribution in [3.8, 4) is 0 Å². The molecule has 2 unspecified atom stereocenters. The fourth-order valence-electron chi connectivity index (χ4n) is 4.68. The number of hydrogen-bond donors (Lipinski definition) is 2. The topological polar surface area (TPSA) is 83.6 Å². The molecule has 5 rings (SSSR count). The van der Waals surface area contributed by atoms with Crippen LogP contribution >= 0.6 is 0 Å². The van der Waals surface area contributed by atoms with Gasteiger partial charge in [-0.25, -0.2) is 9.18 Å². The highest BCUT2D eigenvalue weighted by Gasteiger charge is 2.37. The quantitative estimate of drug-likeness (QED) is 0.797. The van der Waals surface area contributed by atoms with Gasteiger partial charge in [-0.2, -0.15) is 0 Å². The Morgan fingerprint density at radius 1 is 1.31 bits per heavy atom. The first kappa shape index (κ1) is 15.8. The maximum atomic E-state index is 15.0. The molecule has 0 aromatic carbocycles. The average Bonchev–Trinajstić information content (AvgIpc) is 3.24. The summed E-state index contributed by atoms with van der Waals surface area (Å²) in [4.78, 5) is 29.0. The summed E-state index contributed by atoms with van der Waals surface area (Å²) in [6.07, 6.45) is 6.11. The van der Waals surface area contributed by atoms with Gasteiger partial charge in [0.2, 0.25) is 0 Å². The van der Waals surface area contributed by atoms with Gasteiger partial charge >= 0.3 is 5.69 Å². The number of aryl methyl sites for hydroxylation is 1. The Kier molecular flexibility index (Phi) is 3.22. The molecule has 2 aromatic rings. The molecule has 2 aliphatic carbocycles. The lowest BCUT2D eigenvalue weighted by molar-refractivity contribution is 0.547. The second kappa shape index (κ2) is 5.30. The van der Waals surface area contributed by atoms with Crippen LogP contribution in [0.2, 0.25) is 0 Å². The molecule has 1 saturated heterocycles. The Hall–Kier alpha value is -2.41. The number of nitrogens with zero attached hydrogens (tertiary/aromatic N) is 2. The van der Waals surface area contributed by atoms with Gasteiger partial charge in [-0.1, -0.05) is 6.08 Å². The number of aromatic nitrogens is 2. The molecule has 1 saturated carbocycles. The van der Waals surface area contributed by atoms with Crippen molar-refractivity contribution >= 4 is 11.2 Å². The molecular weight excluding hydrogens is 335 g/mol. The van der Waals surface area contributed by atoms with E-state index in [0.29, 0.717) is 35.4 Å². The van der Waals surface area contributed by atoms with Gasteiger partial charge in [-0.05, 0) is 37.7 Å². The maximum Gasteiger partial charge on any atom is 0.333 e. The molecule has 3 heterocycles. The lowest BCUT2D eigenvalue weighted by atomic mass is 10.0. The second-order valence-corrected chi connectivity index (χ2v) is 7.78. The minimum absolute atomic E-state index is 0.0892. The molecule has 26 heavy (non-hydrogen) atoms. The normalized spacial score (nSPS) is 25.0. The van der Waals surface area contributed by atoms with E-state index in [-0.39, 0.29) is 23.4 Å². The van der Waals surface area contributed by atoms with Crippen molar-refractivity contribution < 1.29 is 4.39 Å². The third-order valence-electron chi connectivity index (χ3n) is 6.10. The molecular formula is C19H21FN4O2. The summed E-state index contributed by atoms with van der Waals surface area (Å²) < 4.78 is 16.2. The summed E-state index contributed by atoms with van der Waals surface area (Å²) in [7, 11) is 0. The van der Waals surface area contributed by atoms with Crippen molar-refractivity contribution in [2.75, 3.05) is 18.0 Å². The molecule has 6 nitrogen and oxygen atoms in total. The van der Waals surface area contributed by atoms with E-state index in [1.807, 2.05) is 4.90 Å². The first-order valence-corrected chi connectivity index (χ1v) is 9.12. The van der Waals surface area contributed by atoms with Crippen LogP contribution in [0.4, 0.5) is 10.1 Å². The number of H-pyrrole nitrogens is 1. The van der Waals surface area contributed by atoms with E-state index in [1.165, 1.54) is 16.2 Å². The third-order valence-corrected chi connectivity index (χ3v) is 6.10. The van der Waals surface area contributed by atoms with Gasteiger partial charge in [0.05, 0.1) is 17.4 Å². The Morgan fingerprint density at radius 2 is 2.08 bits per heavy atom. The smallest absolute Gasteiger partial charge is 0.333 e. The van der Waals surface area contributed by atoms with Crippen molar-refractivity contribution in [2.24, 2.45) is 11.7 Å². The number of rotatable bonds is 2. The zero-order valence-corrected chi connectivity index (χ0v) is 14.6. The van der Waals surface area contributed by atoms with Crippen LogP contribution < -0.4 is 21.9 Å². The van der Waals surface area contributed by atoms with E-state index in [9.17, 15) is 14.0 Å². The number of pyridine rings is 1. The molecule has 3 aliphatic rings. The standard InChI is InChI=1S/C19H21FN4O2/c1-9-16(23-6-11-4-5-14(21)12(11)7-23)13(20)8-24-17(9)15(10-2-3-10)18(25)22-19(24)26/h4,8,10,12,14H,2-3,5-7,21H2,1H3,(H,22,25,26). The number of hydrogen-bond acceptors (Lipinski definition) is 4. The summed E-state index contributed by atoms with van der Waals surface area (Å²) in [5.41, 5.74) is 8.82. The van der Waals surface area contributed by atoms with Gasteiger partial charge in [0.1, 0.15) is 0 Å². The van der Waals surface area contributed by atoms with Crippen molar-refractivity contribution in [1.82, 2.24) is 9.38 Å². The molecule has 0 amide bonds. The Labute approximate surface area is 149 Å². The molecule has 3 N–H and O–H groups in total. The predicted molar refractivity (Wildman–Crippen MR) is 97.3 cm³/mol. The Morgan fingerprint density at radius 3 is 2.77 bits per heavy atom. The van der Waals surface area contributed by atoms with Crippen LogP contribution in [0.3, 0.4) is 0 Å². The van der Waals surface area contributed by atoms with E-state index >= 15 is 0 Å². The summed E-state index contributed by atoms with van der Waals surface area (Å²) in [5, 5.41) is 0. The summed E-state index contributed by atoms with van der Waals surface area (Å²) in [6, 6.07) is 0.0892. The van der Waals surface area contributed by atoms with E-state index in [1.54, 1.807) is 6.92 Å². The lowest BCUT2D eigenvalue weighted by Crippen LogP contribution is -2.32. The van der Waals surface area contributed by atoms with Crippen LogP contribution in [-0.2, 0) is 0 Å². The molecule has 2 fully saturated rings. The van der Waals surface area contributed by atoms with Crippen LogP contribution in [0, 0.1) is 18.7 Å². The number of fused-ring (bicyclic) bond motifs is 2. The maximum absolute atomic E-state index is 15.0. The highest BCUT2D eigenvalue weighted by atomic mass is 19.1. The molecule has 0 bridgehead atoms. The van der Waals surface area contributed by atoms with Crippen molar-refractivity contribution in [3.05, 3.63) is 55.6 Å². The molecule has 0 spiro atoms. The molecule has 2 atom stereocenters. The largest absolute Gasteiger partial charge is 0.364 e. The van der Waals surface area contributed by atoms with E-state index in [2.05, 4.69) is 11.1 Å². The lowest BCUT2D eigenvalue weighted by Gasteiger charge is -2.24. The summed E-state index contributed by atoms with van der Waals surface area (Å²) in [5.74, 6) is -0.0326. The number of aromatic amines is 1. The highest BCUT2D eigenvalue weighted by molar-refractivity contribution is 5.73. The molecule has 136 valence electrons. The number of nitrogens with one attached hydrogen (secondary N) is 1. The van der Waals surface area contributed by atoms with E-state index < -0.39 is 11.5 Å². The van der Waals surface area contributed by atoms with Gasteiger partial charge in [0, 0.05) is 36.2 Å². The van der Waals surface area contributed by atoms with Gasteiger partial charge < -0.3 is 10.6 Å². The minimum atomic E-state index is -0.592. The summed E-state index contributed by atoms with van der Waals surface area (Å²) >= 11 is 0. The van der Waals surface area contributed by atoms with Gasteiger partial charge in [-0.15, -0.1) is 0 Å². The van der Waals surface area contributed by atoms with Gasteiger partial charge in [0.25, 0.3) is 5.56 Å². The first-order chi connectivity index (χ1) is 12.5. The molecule has 1 aliphatic heterocycles. The SMILES string of the molecule is Cc1c(N2CC3=CCC(N)C3C2)c(F)cn2c(=O)[nH]c(=O)c(C3CC3)c12. The molecule has 7 heteroatoms. The average molecular weight is 356 g/mol. The zero-order chi connectivity index (χ0) is 18.2. The van der Waals surface area contributed by atoms with Crippen LogP contribution in [0.25, 0.3) is 5.52 Å². The zero-order valence-electron chi connectivity index (χ0n) is 14.6. The Balaban J connectivity index is 1.73.